The van der Waals surface area contributed by atoms with Crippen LogP contribution in [0.3, 0.4) is 0 Å². The maximum atomic E-state index is 13.0. The van der Waals surface area contributed by atoms with Crippen molar-refractivity contribution < 1.29 is 18.3 Å². The summed E-state index contributed by atoms with van der Waals surface area (Å²) in [4.78, 5) is 10.7. The third kappa shape index (κ3) is 3.16. The average molecular weight is 212 g/mol. The molecule has 0 aliphatic carbocycles. The van der Waals surface area contributed by atoms with Crippen LogP contribution in [-0.4, -0.2) is 19.3 Å². The van der Waals surface area contributed by atoms with Crippen molar-refractivity contribution in [2.75, 3.05) is 7.11 Å². The van der Waals surface area contributed by atoms with Gasteiger partial charge in [0.2, 0.25) is 6.17 Å². The molecule has 0 saturated heterocycles. The van der Waals surface area contributed by atoms with Gasteiger partial charge in [-0.05, 0) is 12.1 Å². The summed E-state index contributed by atoms with van der Waals surface area (Å²) in [6, 6.07) is 5.88. The molecular weight excluding hydrogens is 202 g/mol. The molecule has 1 aromatic carbocycles. The minimum Gasteiger partial charge on any atom is -0.467 e. The van der Waals surface area contributed by atoms with Gasteiger partial charge in [0.15, 0.2) is 0 Å². The molecule has 0 bridgehead atoms. The van der Waals surface area contributed by atoms with Gasteiger partial charge in [-0.2, -0.15) is 0 Å². The fourth-order valence-corrected chi connectivity index (χ4v) is 0.990. The number of carbonyl (C=O) groups is 1. The molecule has 1 rings (SSSR count). The molecule has 0 N–H and O–H groups in total. The van der Waals surface area contributed by atoms with E-state index in [1.807, 2.05) is 0 Å². The predicted octanol–water partition coefficient (Wildman–Crippen LogP) is 2.35. The average Bonchev–Trinajstić information content (AvgIpc) is 2.26. The number of benzene rings is 1. The molecule has 0 spiro atoms. The van der Waals surface area contributed by atoms with Crippen LogP contribution in [0.5, 0.6) is 0 Å². The molecule has 0 aromatic heterocycles. The van der Waals surface area contributed by atoms with E-state index in [4.69, 9.17) is 0 Å². The quantitative estimate of drug-likeness (QED) is 0.719. The lowest BCUT2D eigenvalue weighted by atomic mass is 10.2. The van der Waals surface area contributed by atoms with Crippen LogP contribution in [-0.2, 0) is 9.53 Å². The van der Waals surface area contributed by atoms with Gasteiger partial charge in [-0.15, -0.1) is 0 Å². The first-order valence-electron chi connectivity index (χ1n) is 4.30. The molecule has 15 heavy (non-hydrogen) atoms. The minimum absolute atomic E-state index is 0.226. The molecule has 0 unspecified atom stereocenters. The first-order valence-corrected chi connectivity index (χ1v) is 4.30. The standard InChI is InChI=1S/C11H10F2O2/c1-15-11(14)10(13)7-6-8-4-2-3-5-9(8)12/h2-7,10H,1H3/b7-6-/t10-/m0/s1. The topological polar surface area (TPSA) is 26.3 Å². The summed E-state index contributed by atoms with van der Waals surface area (Å²) < 4.78 is 30.1. The third-order valence-electron chi connectivity index (χ3n) is 1.78. The van der Waals surface area contributed by atoms with Crippen molar-refractivity contribution in [3.8, 4) is 0 Å². The molecule has 0 saturated carbocycles. The second kappa shape index (κ2) is 5.24. The lowest BCUT2D eigenvalue weighted by Crippen LogP contribution is -2.14. The van der Waals surface area contributed by atoms with E-state index in [-0.39, 0.29) is 5.56 Å². The van der Waals surface area contributed by atoms with Crippen LogP contribution in [0.2, 0.25) is 0 Å². The van der Waals surface area contributed by atoms with E-state index in [1.165, 1.54) is 24.3 Å². The molecule has 80 valence electrons. The van der Waals surface area contributed by atoms with E-state index in [9.17, 15) is 13.6 Å². The molecule has 0 fully saturated rings. The number of methoxy groups -OCH3 is 1. The van der Waals surface area contributed by atoms with Crippen molar-refractivity contribution >= 4 is 12.0 Å². The number of halogens is 2. The summed E-state index contributed by atoms with van der Waals surface area (Å²) in [5, 5.41) is 0. The molecule has 0 amide bonds. The number of hydrogen-bond donors (Lipinski definition) is 0. The van der Waals surface area contributed by atoms with Crippen molar-refractivity contribution in [1.29, 1.82) is 0 Å². The second-order valence-corrected chi connectivity index (χ2v) is 2.81. The highest BCUT2D eigenvalue weighted by molar-refractivity contribution is 5.78. The van der Waals surface area contributed by atoms with Crippen LogP contribution in [0.1, 0.15) is 5.56 Å². The number of carbonyl (C=O) groups excluding carboxylic acids is 1. The Morgan fingerprint density at radius 1 is 1.47 bits per heavy atom. The van der Waals surface area contributed by atoms with Crippen LogP contribution < -0.4 is 0 Å². The predicted molar refractivity (Wildman–Crippen MR) is 52.3 cm³/mol. The van der Waals surface area contributed by atoms with E-state index in [0.29, 0.717) is 0 Å². The molecular formula is C11H10F2O2. The van der Waals surface area contributed by atoms with E-state index in [0.717, 1.165) is 13.2 Å². The highest BCUT2D eigenvalue weighted by atomic mass is 19.1. The maximum absolute atomic E-state index is 13.0. The Morgan fingerprint density at radius 2 is 2.13 bits per heavy atom. The summed E-state index contributed by atoms with van der Waals surface area (Å²) in [7, 11) is 1.09. The van der Waals surface area contributed by atoms with Gasteiger partial charge in [-0.1, -0.05) is 24.3 Å². The van der Waals surface area contributed by atoms with Crippen LogP contribution in [0, 0.1) is 5.82 Å². The van der Waals surface area contributed by atoms with E-state index in [2.05, 4.69) is 4.74 Å². The van der Waals surface area contributed by atoms with Crippen molar-refractivity contribution in [2.24, 2.45) is 0 Å². The zero-order chi connectivity index (χ0) is 11.3. The van der Waals surface area contributed by atoms with E-state index in [1.54, 1.807) is 6.07 Å². The summed E-state index contributed by atoms with van der Waals surface area (Å²) in [5.41, 5.74) is 0.226. The van der Waals surface area contributed by atoms with Crippen molar-refractivity contribution in [1.82, 2.24) is 0 Å². The molecule has 0 radical (unpaired) electrons. The van der Waals surface area contributed by atoms with Crippen LogP contribution in [0.4, 0.5) is 8.78 Å². The molecule has 0 aliphatic heterocycles. The summed E-state index contributed by atoms with van der Waals surface area (Å²) in [6.45, 7) is 0. The first kappa shape index (κ1) is 11.4. The number of alkyl halides is 1. The largest absolute Gasteiger partial charge is 0.467 e. The zero-order valence-electron chi connectivity index (χ0n) is 8.11. The Morgan fingerprint density at radius 3 is 2.73 bits per heavy atom. The van der Waals surface area contributed by atoms with E-state index < -0.39 is 18.0 Å². The summed E-state index contributed by atoms with van der Waals surface area (Å²) in [6.07, 6.45) is 0.288. The van der Waals surface area contributed by atoms with Gasteiger partial charge in [0, 0.05) is 5.56 Å². The lowest BCUT2D eigenvalue weighted by molar-refractivity contribution is -0.144. The Hall–Kier alpha value is -1.71. The normalized spacial score (nSPS) is 12.7. The lowest BCUT2D eigenvalue weighted by Gasteiger charge is -2.00. The summed E-state index contributed by atoms with van der Waals surface area (Å²) in [5.74, 6) is -1.46. The van der Waals surface area contributed by atoms with Gasteiger partial charge in [-0.25, -0.2) is 13.6 Å². The number of esters is 1. The zero-order valence-corrected chi connectivity index (χ0v) is 8.11. The molecule has 0 aliphatic rings. The third-order valence-corrected chi connectivity index (χ3v) is 1.78. The van der Waals surface area contributed by atoms with Crippen molar-refractivity contribution in [3.63, 3.8) is 0 Å². The van der Waals surface area contributed by atoms with Gasteiger partial charge >= 0.3 is 5.97 Å². The molecule has 1 aromatic rings. The first-order chi connectivity index (χ1) is 7.15. The maximum Gasteiger partial charge on any atom is 0.344 e. The van der Waals surface area contributed by atoms with Gasteiger partial charge < -0.3 is 4.74 Å². The summed E-state index contributed by atoms with van der Waals surface area (Å²) >= 11 is 0. The number of hydrogen-bond acceptors (Lipinski definition) is 2. The van der Waals surface area contributed by atoms with Gasteiger partial charge in [0.05, 0.1) is 7.11 Å². The van der Waals surface area contributed by atoms with Crippen molar-refractivity contribution in [3.05, 3.63) is 41.7 Å². The number of ether oxygens (including phenoxy) is 1. The van der Waals surface area contributed by atoms with Gasteiger partial charge in [-0.3, -0.25) is 0 Å². The van der Waals surface area contributed by atoms with E-state index >= 15 is 0 Å². The van der Waals surface area contributed by atoms with Crippen molar-refractivity contribution in [2.45, 2.75) is 6.17 Å². The van der Waals surface area contributed by atoms with Gasteiger partial charge in [0.1, 0.15) is 5.82 Å². The van der Waals surface area contributed by atoms with Crippen LogP contribution >= 0.6 is 0 Å². The molecule has 0 heterocycles. The SMILES string of the molecule is COC(=O)[C@@H](F)/C=C\c1ccccc1F. The monoisotopic (exact) mass is 212 g/mol. The Labute approximate surface area is 86.2 Å². The van der Waals surface area contributed by atoms with Gasteiger partial charge in [0.25, 0.3) is 0 Å². The Bertz CT molecular complexity index is 375. The Kier molecular flexibility index (Phi) is 3.97. The fraction of sp³-hybridized carbons (Fsp3) is 0.182. The highest BCUT2D eigenvalue weighted by Crippen LogP contribution is 2.09. The van der Waals surface area contributed by atoms with Crippen LogP contribution in [0.15, 0.2) is 30.3 Å². The minimum atomic E-state index is -1.87. The number of rotatable bonds is 3. The highest BCUT2D eigenvalue weighted by Gasteiger charge is 2.13. The molecule has 4 heteroatoms. The Balaban J connectivity index is 2.74. The second-order valence-electron chi connectivity index (χ2n) is 2.81. The fourth-order valence-electron chi connectivity index (χ4n) is 0.990. The smallest absolute Gasteiger partial charge is 0.344 e. The molecule has 2 nitrogen and oxygen atoms in total. The molecule has 1 atom stereocenters. The van der Waals surface area contributed by atoms with Crippen LogP contribution in [0.25, 0.3) is 6.08 Å².